The van der Waals surface area contributed by atoms with E-state index in [9.17, 15) is 8.78 Å². The van der Waals surface area contributed by atoms with E-state index in [1.807, 2.05) is 36.0 Å². The van der Waals surface area contributed by atoms with Gasteiger partial charge in [-0.3, -0.25) is 9.29 Å². The summed E-state index contributed by atoms with van der Waals surface area (Å²) in [4.78, 5) is 5.31. The van der Waals surface area contributed by atoms with E-state index >= 15 is 0 Å². The van der Waals surface area contributed by atoms with E-state index in [1.54, 1.807) is 30.4 Å². The fraction of sp³-hybridized carbons (Fsp3) is 0.250. The summed E-state index contributed by atoms with van der Waals surface area (Å²) in [6.45, 7) is 2.11. The molecule has 0 aliphatic carbocycles. The highest BCUT2D eigenvalue weighted by Crippen LogP contribution is 2.36. The zero-order valence-corrected chi connectivity index (χ0v) is 16.4. The Balaban J connectivity index is 2.19. The van der Waals surface area contributed by atoms with Crippen LogP contribution in [0.5, 0.6) is 0 Å². The molecule has 7 heteroatoms. The predicted molar refractivity (Wildman–Crippen MR) is 108 cm³/mol. The second-order valence-electron chi connectivity index (χ2n) is 6.41. The maximum Gasteiger partial charge on any atom is 0.123 e. The third-order valence-electron chi connectivity index (χ3n) is 4.22. The molecule has 142 valence electrons. The van der Waals surface area contributed by atoms with Gasteiger partial charge in [0.2, 0.25) is 0 Å². The summed E-state index contributed by atoms with van der Waals surface area (Å²) in [6.07, 6.45) is 4.89. The van der Waals surface area contributed by atoms with Crippen molar-refractivity contribution in [2.75, 3.05) is 20.6 Å². The number of benzene rings is 1. The number of nitrogens with two attached hydrogens (primary N) is 1. The van der Waals surface area contributed by atoms with Crippen molar-refractivity contribution in [3.05, 3.63) is 60.1 Å². The van der Waals surface area contributed by atoms with Crippen LogP contribution < -0.4 is 5.73 Å². The lowest BCUT2D eigenvalue weighted by Gasteiger charge is -2.10. The number of pyridine rings is 1. The van der Waals surface area contributed by atoms with Crippen LogP contribution in [-0.4, -0.2) is 34.5 Å². The van der Waals surface area contributed by atoms with Gasteiger partial charge in [-0.2, -0.15) is 0 Å². The minimum absolute atomic E-state index is 0.0603. The molecule has 0 atom stereocenters. The van der Waals surface area contributed by atoms with Crippen molar-refractivity contribution in [1.82, 2.24) is 13.9 Å². The molecule has 0 fully saturated rings. The number of nitrogens with zero attached hydrogens (tertiary/aromatic N) is 3. The monoisotopic (exact) mass is 388 g/mol. The lowest BCUT2D eigenvalue weighted by Crippen LogP contribution is -2.03. The summed E-state index contributed by atoms with van der Waals surface area (Å²) in [5.41, 5.74) is 8.77. The number of hydrogen-bond acceptors (Lipinski definition) is 4. The van der Waals surface area contributed by atoms with Gasteiger partial charge in [0.15, 0.2) is 0 Å². The summed E-state index contributed by atoms with van der Waals surface area (Å²) in [6, 6.07) is 6.58. The highest BCUT2D eigenvalue weighted by Gasteiger charge is 2.18. The third kappa shape index (κ3) is 4.21. The molecule has 0 aliphatic rings. The number of aromatic nitrogens is 2. The largest absolute Gasteiger partial charge is 0.337 e. The van der Waals surface area contributed by atoms with Crippen molar-refractivity contribution in [2.45, 2.75) is 18.4 Å². The summed E-state index contributed by atoms with van der Waals surface area (Å²) in [5, 5.41) is 0.738. The molecule has 0 unspecified atom stereocenters. The first kappa shape index (κ1) is 19.5. The summed E-state index contributed by atoms with van der Waals surface area (Å²) < 4.78 is 32.0. The number of fused-ring (bicyclic) bond motifs is 1. The topological polar surface area (TPSA) is 47.1 Å². The molecule has 0 saturated heterocycles. The zero-order chi connectivity index (χ0) is 19.6. The summed E-state index contributed by atoms with van der Waals surface area (Å²) >= 11 is 1.55. The molecule has 0 radical (unpaired) electrons. The van der Waals surface area contributed by atoms with E-state index in [0.29, 0.717) is 0 Å². The minimum atomic E-state index is -0.328. The van der Waals surface area contributed by atoms with Crippen LogP contribution >= 0.6 is 11.9 Å². The normalized spacial score (nSPS) is 12.3. The maximum atomic E-state index is 14.2. The molecule has 0 amide bonds. The standard InChI is InChI=1S/C20H22F2N4S/c1-13-20(14-8-17(11-24-10-14)27-25(2)3)18-9-15(21)4-5-19(18)26(13)12-16(22)6-7-23/h4-6,8-11H,7,12,23H2,1-3H3/b16-6-. The second kappa shape index (κ2) is 8.21. The van der Waals surface area contributed by atoms with Crippen LogP contribution in [0, 0.1) is 12.7 Å². The lowest BCUT2D eigenvalue weighted by molar-refractivity contribution is 0.555. The van der Waals surface area contributed by atoms with Gasteiger partial charge in [-0.05, 0) is 63.3 Å². The number of rotatable bonds is 6. The molecule has 0 saturated carbocycles. The first-order valence-corrected chi connectivity index (χ1v) is 9.31. The Bertz CT molecular complexity index is 995. The number of halogens is 2. The van der Waals surface area contributed by atoms with E-state index in [1.165, 1.54) is 18.2 Å². The summed E-state index contributed by atoms with van der Waals surface area (Å²) in [7, 11) is 3.91. The van der Waals surface area contributed by atoms with Crippen LogP contribution in [-0.2, 0) is 6.54 Å². The van der Waals surface area contributed by atoms with Gasteiger partial charge in [0.25, 0.3) is 0 Å². The molecule has 2 N–H and O–H groups in total. The first-order valence-electron chi connectivity index (χ1n) is 8.54. The Labute approximate surface area is 161 Å². The second-order valence-corrected chi connectivity index (χ2v) is 7.79. The molecule has 1 aromatic carbocycles. The third-order valence-corrected chi connectivity index (χ3v) is 5.02. The van der Waals surface area contributed by atoms with E-state index in [0.717, 1.165) is 32.6 Å². The molecular weight excluding hydrogens is 366 g/mol. The Kier molecular flexibility index (Phi) is 5.94. The molecule has 2 aromatic heterocycles. The Morgan fingerprint density at radius 3 is 2.78 bits per heavy atom. The van der Waals surface area contributed by atoms with E-state index in [-0.39, 0.29) is 24.7 Å². The molecular formula is C20H22F2N4S. The number of hydrogen-bond donors (Lipinski definition) is 1. The average molecular weight is 388 g/mol. The van der Waals surface area contributed by atoms with E-state index in [2.05, 4.69) is 4.98 Å². The molecule has 27 heavy (non-hydrogen) atoms. The van der Waals surface area contributed by atoms with Crippen LogP contribution in [0.25, 0.3) is 22.0 Å². The Morgan fingerprint density at radius 1 is 1.30 bits per heavy atom. The van der Waals surface area contributed by atoms with Crippen molar-refractivity contribution in [3.8, 4) is 11.1 Å². The van der Waals surface area contributed by atoms with Crippen LogP contribution in [0.15, 0.2) is 53.5 Å². The molecule has 0 spiro atoms. The smallest absolute Gasteiger partial charge is 0.123 e. The van der Waals surface area contributed by atoms with Crippen molar-refractivity contribution in [1.29, 1.82) is 0 Å². The summed E-state index contributed by atoms with van der Waals surface area (Å²) in [5.74, 6) is -0.644. The van der Waals surface area contributed by atoms with Gasteiger partial charge in [0, 0.05) is 51.6 Å². The molecule has 4 nitrogen and oxygen atoms in total. The Morgan fingerprint density at radius 2 is 2.07 bits per heavy atom. The van der Waals surface area contributed by atoms with E-state index < -0.39 is 0 Å². The lowest BCUT2D eigenvalue weighted by atomic mass is 10.0. The van der Waals surface area contributed by atoms with Gasteiger partial charge in [-0.25, -0.2) is 8.78 Å². The minimum Gasteiger partial charge on any atom is -0.337 e. The van der Waals surface area contributed by atoms with Crippen LogP contribution in [0.4, 0.5) is 8.78 Å². The van der Waals surface area contributed by atoms with Gasteiger partial charge in [-0.15, -0.1) is 0 Å². The van der Waals surface area contributed by atoms with Gasteiger partial charge in [0.05, 0.1) is 6.54 Å². The fourth-order valence-corrected chi connectivity index (χ4v) is 3.89. The fourth-order valence-electron chi connectivity index (χ4n) is 3.18. The highest BCUT2D eigenvalue weighted by molar-refractivity contribution is 7.97. The van der Waals surface area contributed by atoms with E-state index in [4.69, 9.17) is 5.73 Å². The average Bonchev–Trinajstić information content (AvgIpc) is 2.86. The highest BCUT2D eigenvalue weighted by atomic mass is 32.2. The molecule has 3 aromatic rings. The Hall–Kier alpha value is -2.22. The first-order chi connectivity index (χ1) is 12.9. The molecule has 0 aliphatic heterocycles. The molecule has 0 bridgehead atoms. The van der Waals surface area contributed by atoms with Crippen molar-refractivity contribution >= 4 is 22.9 Å². The number of allylic oxidation sites excluding steroid dienone is 1. The van der Waals surface area contributed by atoms with Crippen molar-refractivity contribution in [3.63, 3.8) is 0 Å². The maximum absolute atomic E-state index is 14.2. The van der Waals surface area contributed by atoms with Gasteiger partial charge in [0.1, 0.15) is 11.6 Å². The van der Waals surface area contributed by atoms with Crippen LogP contribution in [0.3, 0.4) is 0 Å². The zero-order valence-electron chi connectivity index (χ0n) is 15.5. The quantitative estimate of drug-likeness (QED) is 0.630. The van der Waals surface area contributed by atoms with Crippen LogP contribution in [0.2, 0.25) is 0 Å². The van der Waals surface area contributed by atoms with Gasteiger partial charge < -0.3 is 10.3 Å². The van der Waals surface area contributed by atoms with Crippen molar-refractivity contribution < 1.29 is 8.78 Å². The molecule has 2 heterocycles. The van der Waals surface area contributed by atoms with Gasteiger partial charge in [-0.1, -0.05) is 0 Å². The van der Waals surface area contributed by atoms with Crippen LogP contribution in [0.1, 0.15) is 5.69 Å². The van der Waals surface area contributed by atoms with Gasteiger partial charge >= 0.3 is 0 Å². The molecule has 3 rings (SSSR count). The SMILES string of the molecule is Cc1c(-c2cncc(SN(C)C)c2)c2cc(F)ccc2n1C/C(F)=C/CN. The van der Waals surface area contributed by atoms with Crippen molar-refractivity contribution in [2.24, 2.45) is 5.73 Å². The predicted octanol–water partition coefficient (Wildman–Crippen LogP) is 4.53.